The third-order valence-corrected chi connectivity index (χ3v) is 2.96. The van der Waals surface area contributed by atoms with E-state index >= 15 is 0 Å². The van der Waals surface area contributed by atoms with Gasteiger partial charge in [0.1, 0.15) is 5.82 Å². The molecular weight excluding hydrogens is 313 g/mol. The van der Waals surface area contributed by atoms with Gasteiger partial charge in [-0.1, -0.05) is 0 Å². The lowest BCUT2D eigenvalue weighted by atomic mass is 10.1. The van der Waals surface area contributed by atoms with Crippen LogP contribution in [0.4, 0.5) is 15.8 Å². The van der Waals surface area contributed by atoms with Crippen LogP contribution in [0.1, 0.15) is 19.4 Å². The van der Waals surface area contributed by atoms with Crippen molar-refractivity contribution in [2.75, 3.05) is 17.3 Å². The van der Waals surface area contributed by atoms with E-state index in [4.69, 9.17) is 11.6 Å². The number of aryl methyl sites for hydroxylation is 1. The number of halogens is 2. The number of anilines is 2. The Morgan fingerprint density at radius 2 is 1.95 bits per heavy atom. The van der Waals surface area contributed by atoms with Crippen LogP contribution in [0.3, 0.4) is 0 Å². The van der Waals surface area contributed by atoms with Crippen LogP contribution in [-0.2, 0) is 0 Å². The number of rotatable bonds is 3. The lowest BCUT2D eigenvalue weighted by molar-refractivity contribution is 0.0874. The summed E-state index contributed by atoms with van der Waals surface area (Å²) in [6.07, 6.45) is 0. The molecule has 19 heavy (non-hydrogen) atoms. The van der Waals surface area contributed by atoms with Crippen LogP contribution in [-0.4, -0.2) is 17.3 Å². The number of hydrazine groups is 1. The molecule has 1 aromatic rings. The topological polar surface area (TPSA) is 75.5 Å². The summed E-state index contributed by atoms with van der Waals surface area (Å²) in [7, 11) is 0. The maximum atomic E-state index is 13.7. The van der Waals surface area contributed by atoms with E-state index in [2.05, 4.69) is 29.1 Å². The smallest absolute Gasteiger partial charge is 0.142 e. The van der Waals surface area contributed by atoms with E-state index in [1.54, 1.807) is 20.8 Å². The first-order chi connectivity index (χ1) is 8.63. The fourth-order valence-corrected chi connectivity index (χ4v) is 2.33. The zero-order chi connectivity index (χ0) is 15.4. The maximum absolute atomic E-state index is 13.7. The summed E-state index contributed by atoms with van der Waals surface area (Å²) in [5, 5.41) is 10.9. The Hall–Kier alpha value is -1.11. The Bertz CT molecular complexity index is 446. The van der Waals surface area contributed by atoms with Gasteiger partial charge >= 0.3 is 0 Å². The Morgan fingerprint density at radius 1 is 1.47 bits per heavy atom. The third-order valence-electron chi connectivity index (χ3n) is 2.24. The molecule has 5 N–H and O–H groups in total. The first-order valence-corrected chi connectivity index (χ1v) is 6.41. The normalized spacial score (nSPS) is 10.7. The highest BCUT2D eigenvalue weighted by atomic mass is 79.9. The lowest BCUT2D eigenvalue weighted by Gasteiger charge is -2.28. The summed E-state index contributed by atoms with van der Waals surface area (Å²) in [5.41, 5.74) is 5.96. The predicted molar refractivity (Wildman–Crippen MR) is 82.3 cm³/mol. The number of nitrogens with two attached hydrogens (primary N) is 2. The molecular formula is C13H21BrFN3O. The second-order valence-corrected chi connectivity index (χ2v) is 5.49. The van der Waals surface area contributed by atoms with Gasteiger partial charge in [-0.05, 0) is 48.3 Å². The number of hydrogen-bond acceptors (Lipinski definition) is 4. The van der Waals surface area contributed by atoms with Gasteiger partial charge in [0.2, 0.25) is 0 Å². The number of nitrogens with zero attached hydrogens (tertiary/aromatic N) is 1. The molecule has 0 fully saturated rings. The molecule has 0 aliphatic heterocycles. The van der Waals surface area contributed by atoms with Crippen LogP contribution >= 0.6 is 15.9 Å². The number of hydrogen-bond donors (Lipinski definition) is 3. The molecule has 0 saturated heterocycles. The average molecular weight is 334 g/mol. The molecule has 6 heteroatoms. The molecule has 0 amide bonds. The summed E-state index contributed by atoms with van der Waals surface area (Å²) in [5.74, 6) is 5.40. The van der Waals surface area contributed by atoms with E-state index < -0.39 is 11.4 Å². The van der Waals surface area contributed by atoms with Gasteiger partial charge in [-0.2, -0.15) is 0 Å². The van der Waals surface area contributed by atoms with Gasteiger partial charge in [0.15, 0.2) is 0 Å². The SMILES string of the molecule is C=C.Cc1cc(N)c(N(N)CC(C)(C)O)c(Br)c1F. The summed E-state index contributed by atoms with van der Waals surface area (Å²) >= 11 is 3.13. The van der Waals surface area contributed by atoms with Crippen molar-refractivity contribution >= 4 is 27.3 Å². The van der Waals surface area contributed by atoms with E-state index in [1.165, 1.54) is 11.1 Å². The standard InChI is InChI=1S/C11H17BrFN3O.C2H4/c1-6-4-7(14)10(8(12)9(6)13)16(15)5-11(2,3)17;1-2/h4,17H,5,14-15H2,1-3H3;1-2H2. The lowest BCUT2D eigenvalue weighted by Crippen LogP contribution is -2.43. The van der Waals surface area contributed by atoms with E-state index in [0.717, 1.165) is 0 Å². The minimum Gasteiger partial charge on any atom is -0.397 e. The van der Waals surface area contributed by atoms with E-state index in [-0.39, 0.29) is 11.0 Å². The van der Waals surface area contributed by atoms with Crippen LogP contribution in [0.15, 0.2) is 23.7 Å². The second kappa shape index (κ2) is 6.88. The van der Waals surface area contributed by atoms with Crippen molar-refractivity contribution in [2.45, 2.75) is 26.4 Å². The van der Waals surface area contributed by atoms with Crippen molar-refractivity contribution in [1.82, 2.24) is 0 Å². The van der Waals surface area contributed by atoms with Crippen LogP contribution < -0.4 is 16.6 Å². The van der Waals surface area contributed by atoms with Crippen LogP contribution in [0, 0.1) is 12.7 Å². The Morgan fingerprint density at radius 3 is 2.37 bits per heavy atom. The highest BCUT2D eigenvalue weighted by molar-refractivity contribution is 9.10. The first-order valence-electron chi connectivity index (χ1n) is 5.62. The predicted octanol–water partition coefficient (Wildman–Crippen LogP) is 2.73. The molecule has 0 atom stereocenters. The van der Waals surface area contributed by atoms with Crippen molar-refractivity contribution in [3.63, 3.8) is 0 Å². The molecule has 0 bridgehead atoms. The Labute approximate surface area is 122 Å². The highest BCUT2D eigenvalue weighted by Gasteiger charge is 2.22. The molecule has 1 rings (SSSR count). The second-order valence-electron chi connectivity index (χ2n) is 4.70. The Kier molecular flexibility index (Phi) is 6.48. The molecule has 0 saturated carbocycles. The van der Waals surface area contributed by atoms with Gasteiger partial charge in [-0.15, -0.1) is 13.2 Å². The van der Waals surface area contributed by atoms with Crippen molar-refractivity contribution in [1.29, 1.82) is 0 Å². The summed E-state index contributed by atoms with van der Waals surface area (Å²) < 4.78 is 13.9. The molecule has 4 nitrogen and oxygen atoms in total. The van der Waals surface area contributed by atoms with Crippen molar-refractivity contribution < 1.29 is 9.50 Å². The number of nitrogen functional groups attached to an aromatic ring is 1. The van der Waals surface area contributed by atoms with E-state index in [9.17, 15) is 9.50 Å². The number of benzene rings is 1. The average Bonchev–Trinajstić information content (AvgIpc) is 2.26. The van der Waals surface area contributed by atoms with Crippen LogP contribution in [0.5, 0.6) is 0 Å². The molecule has 0 aliphatic carbocycles. The van der Waals surface area contributed by atoms with Gasteiger partial charge < -0.3 is 15.8 Å². The molecule has 1 aromatic carbocycles. The van der Waals surface area contributed by atoms with Gasteiger partial charge in [0.25, 0.3) is 0 Å². The first kappa shape index (κ1) is 17.9. The maximum Gasteiger partial charge on any atom is 0.142 e. The van der Waals surface area contributed by atoms with Crippen LogP contribution in [0.25, 0.3) is 0 Å². The van der Waals surface area contributed by atoms with Gasteiger partial charge in [0.05, 0.1) is 28.0 Å². The van der Waals surface area contributed by atoms with Crippen molar-refractivity contribution in [2.24, 2.45) is 5.84 Å². The molecule has 0 spiro atoms. The molecule has 0 aromatic heterocycles. The minimum absolute atomic E-state index is 0.137. The minimum atomic E-state index is -0.998. The van der Waals surface area contributed by atoms with Crippen LogP contribution in [0.2, 0.25) is 0 Å². The van der Waals surface area contributed by atoms with Gasteiger partial charge in [-0.3, -0.25) is 0 Å². The quantitative estimate of drug-likeness (QED) is 0.344. The van der Waals surface area contributed by atoms with E-state index in [0.29, 0.717) is 16.9 Å². The van der Waals surface area contributed by atoms with E-state index in [1.807, 2.05) is 0 Å². The summed E-state index contributed by atoms with van der Waals surface area (Å²) in [4.78, 5) is 0. The Balaban J connectivity index is 0.00000154. The fraction of sp³-hybridized carbons (Fsp3) is 0.385. The van der Waals surface area contributed by atoms with Gasteiger partial charge in [0, 0.05) is 0 Å². The zero-order valence-corrected chi connectivity index (χ0v) is 13.1. The zero-order valence-electron chi connectivity index (χ0n) is 11.5. The monoisotopic (exact) mass is 333 g/mol. The largest absolute Gasteiger partial charge is 0.397 e. The van der Waals surface area contributed by atoms with Crippen molar-refractivity contribution in [3.8, 4) is 0 Å². The molecule has 0 unspecified atom stereocenters. The molecule has 0 radical (unpaired) electrons. The molecule has 0 heterocycles. The summed E-state index contributed by atoms with van der Waals surface area (Å²) in [6.45, 7) is 11.0. The van der Waals surface area contributed by atoms with Crippen molar-refractivity contribution in [3.05, 3.63) is 35.1 Å². The highest BCUT2D eigenvalue weighted by Crippen LogP contribution is 2.35. The third kappa shape index (κ3) is 4.81. The molecule has 108 valence electrons. The van der Waals surface area contributed by atoms with Gasteiger partial charge in [-0.25, -0.2) is 10.2 Å². The fourth-order valence-electron chi connectivity index (χ4n) is 1.56. The number of aliphatic hydroxyl groups is 1. The molecule has 0 aliphatic rings. The summed E-state index contributed by atoms with van der Waals surface area (Å²) in [6, 6.07) is 1.51.